The smallest absolute Gasteiger partial charge is 0.270 e. The fourth-order valence-corrected chi connectivity index (χ4v) is 1.75. The maximum Gasteiger partial charge on any atom is 0.270 e. The molecular weight excluding hydrogens is 252 g/mol. The zero-order chi connectivity index (χ0) is 14.8. The summed E-state index contributed by atoms with van der Waals surface area (Å²) in [5.41, 5.74) is 0.228. The lowest BCUT2D eigenvalue weighted by atomic mass is 9.92. The number of aliphatic hydroxyl groups is 1. The fourth-order valence-electron chi connectivity index (χ4n) is 1.75. The second-order valence-corrected chi connectivity index (χ2v) is 5.58. The van der Waals surface area contributed by atoms with Crippen molar-refractivity contribution in [1.82, 2.24) is 10.3 Å². The van der Waals surface area contributed by atoms with Crippen molar-refractivity contribution >= 4 is 16.8 Å². The molecule has 1 aromatic heterocycles. The van der Waals surface area contributed by atoms with Crippen LogP contribution < -0.4 is 5.32 Å². The van der Waals surface area contributed by atoms with E-state index in [-0.39, 0.29) is 18.4 Å². The Hall–Kier alpha value is -1.94. The summed E-state index contributed by atoms with van der Waals surface area (Å²) < 4.78 is 0. The molecule has 2 rings (SSSR count). The minimum atomic E-state index is -0.924. The van der Waals surface area contributed by atoms with Crippen molar-refractivity contribution < 1.29 is 9.90 Å². The van der Waals surface area contributed by atoms with E-state index in [1.165, 1.54) is 0 Å². The van der Waals surface area contributed by atoms with Crippen molar-refractivity contribution in [3.8, 4) is 0 Å². The van der Waals surface area contributed by atoms with Gasteiger partial charge in [-0.2, -0.15) is 0 Å². The Morgan fingerprint density at radius 1 is 1.30 bits per heavy atom. The van der Waals surface area contributed by atoms with Crippen molar-refractivity contribution in [1.29, 1.82) is 0 Å². The lowest BCUT2D eigenvalue weighted by Crippen LogP contribution is -2.44. The minimum Gasteiger partial charge on any atom is -0.388 e. The molecule has 0 saturated carbocycles. The molecule has 2 aromatic rings. The van der Waals surface area contributed by atoms with Crippen LogP contribution in [-0.2, 0) is 0 Å². The second kappa shape index (κ2) is 5.59. The van der Waals surface area contributed by atoms with E-state index in [2.05, 4.69) is 10.3 Å². The molecule has 0 aliphatic heterocycles. The molecule has 0 fully saturated rings. The van der Waals surface area contributed by atoms with Crippen LogP contribution in [0.25, 0.3) is 10.9 Å². The summed E-state index contributed by atoms with van der Waals surface area (Å²) in [5.74, 6) is -0.205. The predicted octanol–water partition coefficient (Wildman–Crippen LogP) is 2.37. The number of nitrogens with zero attached hydrogens (tertiary/aromatic N) is 1. The van der Waals surface area contributed by atoms with Crippen LogP contribution in [0.2, 0.25) is 0 Å². The maximum atomic E-state index is 12.1. The van der Waals surface area contributed by atoms with Gasteiger partial charge in [0.2, 0.25) is 0 Å². The van der Waals surface area contributed by atoms with E-state index in [1.807, 2.05) is 44.2 Å². The summed E-state index contributed by atoms with van der Waals surface area (Å²) in [6.07, 6.45) is 0. The van der Waals surface area contributed by atoms with Gasteiger partial charge in [0, 0.05) is 11.9 Å². The standard InChI is InChI=1S/C16H20N2O2/c1-11(2)16(3,20)10-17-15(19)14-9-8-12-6-4-5-7-13(12)18-14/h4-9,11,20H,10H2,1-3H3,(H,17,19). The highest BCUT2D eigenvalue weighted by Crippen LogP contribution is 2.15. The van der Waals surface area contributed by atoms with E-state index in [4.69, 9.17) is 0 Å². The predicted molar refractivity (Wildman–Crippen MR) is 79.5 cm³/mol. The summed E-state index contributed by atoms with van der Waals surface area (Å²) in [5, 5.41) is 13.9. The Balaban J connectivity index is 2.12. The maximum absolute atomic E-state index is 12.1. The first-order valence-corrected chi connectivity index (χ1v) is 6.76. The van der Waals surface area contributed by atoms with E-state index < -0.39 is 5.60 Å². The van der Waals surface area contributed by atoms with Crippen LogP contribution in [-0.4, -0.2) is 28.1 Å². The number of amides is 1. The molecule has 106 valence electrons. The van der Waals surface area contributed by atoms with Gasteiger partial charge in [-0.1, -0.05) is 38.1 Å². The van der Waals surface area contributed by atoms with Gasteiger partial charge < -0.3 is 10.4 Å². The van der Waals surface area contributed by atoms with Gasteiger partial charge in [-0.05, 0) is 25.0 Å². The number of hydrogen-bond acceptors (Lipinski definition) is 3. The second-order valence-electron chi connectivity index (χ2n) is 5.58. The van der Waals surface area contributed by atoms with E-state index in [0.717, 1.165) is 10.9 Å². The molecular formula is C16H20N2O2. The molecule has 4 nitrogen and oxygen atoms in total. The van der Waals surface area contributed by atoms with Gasteiger partial charge in [0.15, 0.2) is 0 Å². The van der Waals surface area contributed by atoms with Gasteiger partial charge in [0.1, 0.15) is 5.69 Å². The number of pyridine rings is 1. The number of hydrogen-bond donors (Lipinski definition) is 2. The fraction of sp³-hybridized carbons (Fsp3) is 0.375. The average Bonchev–Trinajstić information content (AvgIpc) is 2.44. The van der Waals surface area contributed by atoms with Gasteiger partial charge in [-0.25, -0.2) is 4.98 Å². The van der Waals surface area contributed by atoms with Crippen LogP contribution in [0.4, 0.5) is 0 Å². The number of carbonyl (C=O) groups is 1. The van der Waals surface area contributed by atoms with Gasteiger partial charge in [-0.15, -0.1) is 0 Å². The lowest BCUT2D eigenvalue weighted by molar-refractivity contribution is 0.0142. The van der Waals surface area contributed by atoms with Crippen molar-refractivity contribution in [2.45, 2.75) is 26.4 Å². The molecule has 20 heavy (non-hydrogen) atoms. The molecule has 0 radical (unpaired) electrons. The number of fused-ring (bicyclic) bond motifs is 1. The zero-order valence-electron chi connectivity index (χ0n) is 12.1. The summed E-state index contributed by atoms with van der Waals surface area (Å²) >= 11 is 0. The van der Waals surface area contributed by atoms with Gasteiger partial charge in [0.25, 0.3) is 5.91 Å². The van der Waals surface area contributed by atoms with Crippen LogP contribution >= 0.6 is 0 Å². The molecule has 4 heteroatoms. The monoisotopic (exact) mass is 272 g/mol. The Morgan fingerprint density at radius 2 is 2.00 bits per heavy atom. The molecule has 1 atom stereocenters. The Morgan fingerprint density at radius 3 is 2.70 bits per heavy atom. The van der Waals surface area contributed by atoms with Crippen molar-refractivity contribution in [3.63, 3.8) is 0 Å². The highest BCUT2D eigenvalue weighted by atomic mass is 16.3. The quantitative estimate of drug-likeness (QED) is 0.898. The molecule has 1 unspecified atom stereocenters. The van der Waals surface area contributed by atoms with Crippen molar-refractivity contribution in [2.75, 3.05) is 6.54 Å². The number of benzene rings is 1. The number of para-hydroxylation sites is 1. The summed E-state index contributed by atoms with van der Waals surface area (Å²) in [6, 6.07) is 11.2. The van der Waals surface area contributed by atoms with E-state index in [0.29, 0.717) is 5.69 Å². The van der Waals surface area contributed by atoms with Crippen LogP contribution in [0.3, 0.4) is 0 Å². The third-order valence-electron chi connectivity index (χ3n) is 3.68. The van der Waals surface area contributed by atoms with Gasteiger partial charge in [-0.3, -0.25) is 4.79 Å². The molecule has 1 aromatic carbocycles. The third-order valence-corrected chi connectivity index (χ3v) is 3.68. The number of carbonyl (C=O) groups excluding carboxylic acids is 1. The van der Waals surface area contributed by atoms with Crippen LogP contribution in [0.1, 0.15) is 31.3 Å². The lowest BCUT2D eigenvalue weighted by Gasteiger charge is -2.27. The number of aromatic nitrogens is 1. The SMILES string of the molecule is CC(C)C(C)(O)CNC(=O)c1ccc2ccccc2n1. The zero-order valence-corrected chi connectivity index (χ0v) is 12.1. The van der Waals surface area contributed by atoms with Gasteiger partial charge in [0.05, 0.1) is 11.1 Å². The van der Waals surface area contributed by atoms with E-state index in [9.17, 15) is 9.90 Å². The molecule has 0 spiro atoms. The molecule has 0 bridgehead atoms. The first-order valence-electron chi connectivity index (χ1n) is 6.76. The van der Waals surface area contributed by atoms with Crippen LogP contribution in [0.5, 0.6) is 0 Å². The van der Waals surface area contributed by atoms with Crippen LogP contribution in [0, 0.1) is 5.92 Å². The molecule has 0 aliphatic carbocycles. The Kier molecular flexibility index (Phi) is 4.04. The molecule has 1 heterocycles. The first-order chi connectivity index (χ1) is 9.40. The summed E-state index contributed by atoms with van der Waals surface area (Å²) in [6.45, 7) is 5.75. The Labute approximate surface area is 118 Å². The van der Waals surface area contributed by atoms with E-state index >= 15 is 0 Å². The normalized spacial score (nSPS) is 14.2. The number of nitrogens with one attached hydrogen (secondary N) is 1. The third kappa shape index (κ3) is 3.14. The molecule has 1 amide bonds. The highest BCUT2D eigenvalue weighted by Gasteiger charge is 2.25. The van der Waals surface area contributed by atoms with Gasteiger partial charge >= 0.3 is 0 Å². The largest absolute Gasteiger partial charge is 0.388 e. The van der Waals surface area contributed by atoms with Crippen molar-refractivity contribution in [2.24, 2.45) is 5.92 Å². The molecule has 2 N–H and O–H groups in total. The Bertz CT molecular complexity index is 621. The first kappa shape index (κ1) is 14.5. The summed E-state index contributed by atoms with van der Waals surface area (Å²) in [7, 11) is 0. The van der Waals surface area contributed by atoms with Crippen molar-refractivity contribution in [3.05, 3.63) is 42.1 Å². The summed E-state index contributed by atoms with van der Waals surface area (Å²) in [4.78, 5) is 16.4. The average molecular weight is 272 g/mol. The number of rotatable bonds is 4. The minimum absolute atomic E-state index is 0.0624. The van der Waals surface area contributed by atoms with E-state index in [1.54, 1.807) is 13.0 Å². The van der Waals surface area contributed by atoms with Crippen LogP contribution in [0.15, 0.2) is 36.4 Å². The molecule has 0 saturated heterocycles. The highest BCUT2D eigenvalue weighted by molar-refractivity contribution is 5.94. The molecule has 0 aliphatic rings. The topological polar surface area (TPSA) is 62.2 Å².